The Hall–Kier alpha value is -8.12. The Morgan fingerprint density at radius 1 is 0.440 bits per heavy atom. The molecule has 6 N–H and O–H groups in total. The molecule has 3 saturated carbocycles. The molecule has 4 aliphatic heterocycles. The van der Waals surface area contributed by atoms with Gasteiger partial charge < -0.3 is 64.6 Å². The Balaban J connectivity index is 0.000000144. The lowest BCUT2D eigenvalue weighted by molar-refractivity contribution is -0.138. The van der Waals surface area contributed by atoms with Gasteiger partial charge in [0, 0.05) is 153 Å². The van der Waals surface area contributed by atoms with Crippen molar-refractivity contribution in [1.29, 1.82) is 0 Å². The van der Waals surface area contributed by atoms with E-state index in [4.69, 9.17) is 29.9 Å². The molecule has 7 aliphatic rings. The van der Waals surface area contributed by atoms with E-state index < -0.39 is 0 Å². The smallest absolute Gasteiger partial charge is 0.255 e. The molecule has 0 spiro atoms. The second-order valence-corrected chi connectivity index (χ2v) is 33.1. The Labute approximate surface area is 645 Å². The Morgan fingerprint density at radius 2 is 0.798 bits per heavy atom. The van der Waals surface area contributed by atoms with E-state index in [0.717, 1.165) is 258 Å². The predicted molar refractivity (Wildman–Crippen MR) is 432 cm³/mol. The highest BCUT2D eigenvalue weighted by molar-refractivity contribution is 5.95. The number of pyridine rings is 1. The van der Waals surface area contributed by atoms with Gasteiger partial charge in [0.15, 0.2) is 0 Å². The van der Waals surface area contributed by atoms with Crippen LogP contribution in [0.1, 0.15) is 282 Å². The van der Waals surface area contributed by atoms with Gasteiger partial charge in [-0.1, -0.05) is 58.2 Å². The first-order chi connectivity index (χ1) is 53.0. The SMILES string of the molecule is CCC[C@H](C)Nc1ncc2c(C3CCN(C(=O)[C@H]4CCCN(C)C4)CC3)cn(C3CCC(O)CC3)c2n1.CCC[C@H](C)Nc1ncc2c(C3CCN(C(=O)c4ccccc4)CC3)cn(C3CCC(O)CC3)c2n1.CCC[C@H](C)Nc1ncc2c(C3CCN(C(=O)c4cccnc4)CC3)cn(C3CCC(O)CC3)c2n1. The molecule has 109 heavy (non-hydrogen) atoms. The van der Waals surface area contributed by atoms with Crippen LogP contribution in [-0.4, -0.2) is 197 Å². The monoisotopic (exact) mass is 1490 g/mol. The van der Waals surface area contributed by atoms with Crippen LogP contribution in [-0.2, 0) is 4.79 Å². The molecule has 1 aromatic carbocycles. The minimum Gasteiger partial charge on any atom is -0.393 e. The number of rotatable bonds is 21. The summed E-state index contributed by atoms with van der Waals surface area (Å²) in [5, 5.41) is 44.0. The predicted octanol–water partition coefficient (Wildman–Crippen LogP) is 15.0. The number of aliphatic hydroxyl groups excluding tert-OH is 3. The summed E-state index contributed by atoms with van der Waals surface area (Å²) >= 11 is 0. The third-order valence-corrected chi connectivity index (χ3v) is 24.9. The standard InChI is InChI=1S/C29H46N6O2.C29H39N5O2.C28H38N6O2/c1-4-6-20(2)31-29-30-17-25-26(19-35(27(25)32-29)23-8-10-24(36)11-9-23)21-12-15-34(16-13-21)28(37)22-7-5-14-33(3)18-22;1-3-7-20(2)31-29-30-18-25-26(19-34(27(25)32-29)23-10-12-24(35)13-11-23)21-14-16-33(17-15-21)28(36)22-8-5-4-6-9-22;1-3-5-19(2)31-28-30-17-24-25(18-34(26(24)32-28)22-7-9-23(35)10-8-22)20-11-14-33(15-12-20)27(36)21-6-4-13-29-16-21/h17,19-24,36H,4-16,18H2,1-3H3,(H,30,31,32);4-6,8-9,18-21,23-24,35H,3,7,10-17H2,1-2H3,(H,30,31,32);4,6,13,16-20,22-23,35H,3,5,7-12,14-15H2,1-2H3,(H,30,31,32)/t20-,22-,23?,24?;20-,23?,24?;19-,22?,23?/m000/s1. The molecule has 23 heteroatoms. The molecule has 7 fully saturated rings. The van der Waals surface area contributed by atoms with E-state index in [2.05, 4.69) is 112 Å². The summed E-state index contributed by atoms with van der Waals surface area (Å²) in [6.07, 6.45) is 41.0. The van der Waals surface area contributed by atoms with Crippen LogP contribution in [0.15, 0.2) is 92.0 Å². The average Bonchev–Trinajstić information content (AvgIpc) is 1.63. The van der Waals surface area contributed by atoms with Crippen molar-refractivity contribution >= 4 is 68.7 Å². The van der Waals surface area contributed by atoms with E-state index in [1.165, 1.54) is 16.7 Å². The zero-order valence-corrected chi connectivity index (χ0v) is 66.0. The van der Waals surface area contributed by atoms with Gasteiger partial charge in [0.05, 0.1) is 29.8 Å². The van der Waals surface area contributed by atoms with Crippen LogP contribution in [0, 0.1) is 5.92 Å². The Bertz CT molecular complexity index is 4050. The van der Waals surface area contributed by atoms with Crippen molar-refractivity contribution in [3.8, 4) is 0 Å². The van der Waals surface area contributed by atoms with Crippen molar-refractivity contribution in [1.82, 2.24) is 68.2 Å². The third-order valence-electron chi connectivity index (χ3n) is 24.9. The van der Waals surface area contributed by atoms with Gasteiger partial charge in [-0.05, 0) is 241 Å². The number of nitrogens with zero attached hydrogens (tertiary/aromatic N) is 14. The number of nitrogens with one attached hydrogen (secondary N) is 3. The highest BCUT2D eigenvalue weighted by atomic mass is 16.3. The first-order valence-corrected chi connectivity index (χ1v) is 42.0. The molecule has 0 unspecified atom stereocenters. The molecule has 4 saturated heterocycles. The lowest BCUT2D eigenvalue weighted by Gasteiger charge is -2.37. The third kappa shape index (κ3) is 19.4. The second-order valence-electron chi connectivity index (χ2n) is 33.1. The first kappa shape index (κ1) is 79.0. The number of anilines is 3. The van der Waals surface area contributed by atoms with Crippen molar-refractivity contribution in [3.63, 3.8) is 0 Å². The molecule has 7 aromatic heterocycles. The minimum atomic E-state index is -0.189. The van der Waals surface area contributed by atoms with Crippen molar-refractivity contribution in [3.05, 3.63) is 120 Å². The lowest BCUT2D eigenvalue weighted by Crippen LogP contribution is -2.46. The van der Waals surface area contributed by atoms with Gasteiger partial charge in [0.2, 0.25) is 23.8 Å². The highest BCUT2D eigenvalue weighted by Gasteiger charge is 2.36. The van der Waals surface area contributed by atoms with Gasteiger partial charge in [-0.25, -0.2) is 15.0 Å². The molecule has 0 radical (unpaired) electrons. The summed E-state index contributed by atoms with van der Waals surface area (Å²) in [6, 6.07) is 15.3. The van der Waals surface area contributed by atoms with Gasteiger partial charge in [-0.3, -0.25) is 19.4 Å². The molecular formula is C86H123N17O6. The minimum absolute atomic E-state index is 0.0602. The molecule has 0 bridgehead atoms. The van der Waals surface area contributed by atoms with E-state index in [0.29, 0.717) is 83.3 Å². The fourth-order valence-electron chi connectivity index (χ4n) is 18.6. The van der Waals surface area contributed by atoms with Crippen molar-refractivity contribution in [2.24, 2.45) is 5.92 Å². The molecule has 23 nitrogen and oxygen atoms in total. The molecule has 11 heterocycles. The van der Waals surface area contributed by atoms with Gasteiger partial charge in [0.1, 0.15) is 16.9 Å². The summed E-state index contributed by atoms with van der Waals surface area (Å²) in [6.45, 7) is 19.8. The quantitative estimate of drug-likeness (QED) is 0.0390. The fourth-order valence-corrected chi connectivity index (χ4v) is 18.6. The molecule has 588 valence electrons. The number of hydrogen-bond acceptors (Lipinski definition) is 17. The molecule has 8 aromatic rings. The number of carbonyl (C=O) groups is 3. The fraction of sp³-hybridized carbons (Fsp3) is 0.628. The highest BCUT2D eigenvalue weighted by Crippen LogP contribution is 2.43. The lowest BCUT2D eigenvalue weighted by atomic mass is 9.88. The van der Waals surface area contributed by atoms with Gasteiger partial charge in [-0.2, -0.15) is 15.0 Å². The number of hydrogen-bond donors (Lipinski definition) is 6. The van der Waals surface area contributed by atoms with Crippen molar-refractivity contribution < 1.29 is 29.7 Å². The summed E-state index contributed by atoms with van der Waals surface area (Å²) in [5.41, 5.74) is 8.33. The molecule has 4 atom stereocenters. The van der Waals surface area contributed by atoms with Gasteiger partial charge in [0.25, 0.3) is 11.8 Å². The number of aromatic nitrogens is 10. The average molecular weight is 1490 g/mol. The van der Waals surface area contributed by atoms with Crippen molar-refractivity contribution in [2.75, 3.05) is 75.4 Å². The van der Waals surface area contributed by atoms with E-state index in [1.807, 2.05) is 70.9 Å². The summed E-state index contributed by atoms with van der Waals surface area (Å²) in [4.78, 5) is 80.6. The zero-order chi connectivity index (χ0) is 76.1. The molecule has 15 rings (SSSR count). The maximum atomic E-state index is 13.2. The van der Waals surface area contributed by atoms with Crippen LogP contribution in [0.2, 0.25) is 0 Å². The summed E-state index contributed by atoms with van der Waals surface area (Å²) in [7, 11) is 2.13. The first-order valence-electron chi connectivity index (χ1n) is 42.0. The van der Waals surface area contributed by atoms with Gasteiger partial charge >= 0.3 is 0 Å². The van der Waals surface area contributed by atoms with E-state index in [1.54, 1.807) is 12.4 Å². The zero-order valence-electron chi connectivity index (χ0n) is 66.0. The Morgan fingerprint density at radius 3 is 1.15 bits per heavy atom. The topological polar surface area (TPSA) is 266 Å². The van der Waals surface area contributed by atoms with Crippen LogP contribution < -0.4 is 16.0 Å². The number of amides is 3. The maximum Gasteiger partial charge on any atom is 0.255 e. The van der Waals surface area contributed by atoms with E-state index in [9.17, 15) is 29.7 Å². The van der Waals surface area contributed by atoms with Crippen LogP contribution in [0.25, 0.3) is 33.1 Å². The summed E-state index contributed by atoms with van der Waals surface area (Å²) in [5.74, 6) is 3.93. The van der Waals surface area contributed by atoms with Gasteiger partial charge in [-0.15, -0.1) is 0 Å². The van der Waals surface area contributed by atoms with Crippen LogP contribution in [0.3, 0.4) is 0 Å². The van der Waals surface area contributed by atoms with E-state index in [-0.39, 0.29) is 36.0 Å². The van der Waals surface area contributed by atoms with Crippen LogP contribution in [0.5, 0.6) is 0 Å². The normalized spacial score (nSPS) is 23.7. The maximum absolute atomic E-state index is 13.2. The molecule has 3 amide bonds. The molecule has 3 aliphatic carbocycles. The largest absolute Gasteiger partial charge is 0.393 e. The summed E-state index contributed by atoms with van der Waals surface area (Å²) < 4.78 is 7.08. The van der Waals surface area contributed by atoms with E-state index >= 15 is 0 Å². The second kappa shape index (κ2) is 37.3. The molecular weight excluding hydrogens is 1370 g/mol. The number of benzene rings is 1. The number of likely N-dealkylation sites (tertiary alicyclic amines) is 4. The van der Waals surface area contributed by atoms with Crippen molar-refractivity contribution in [2.45, 2.75) is 281 Å². The number of fused-ring (bicyclic) bond motifs is 3. The number of piperidine rings is 4. The number of aliphatic hydroxyl groups is 3. The Kier molecular flexibility index (Phi) is 27.0. The number of carbonyl (C=O) groups excluding carboxylic acids is 3. The van der Waals surface area contributed by atoms with Crippen LogP contribution >= 0.6 is 0 Å². The van der Waals surface area contributed by atoms with Crippen LogP contribution in [0.4, 0.5) is 17.8 Å².